The minimum absolute atomic E-state index is 0.0511. The Morgan fingerprint density at radius 3 is 2.61 bits per heavy atom. The molecule has 0 unspecified atom stereocenters. The van der Waals surface area contributed by atoms with E-state index in [2.05, 4.69) is 15.3 Å². The number of methoxy groups -OCH3 is 1. The molecule has 0 amide bonds. The molecular weight excluding hydrogens is 386 g/mol. The molecule has 0 saturated carbocycles. The Balaban J connectivity index is 1.69. The first-order valence-corrected chi connectivity index (χ1v) is 9.38. The van der Waals surface area contributed by atoms with Crippen molar-refractivity contribution in [3.8, 4) is 5.69 Å². The molecule has 150 valence electrons. The predicted octanol–water partition coefficient (Wildman–Crippen LogP) is 2.32. The average molecular weight is 408 g/mol. The number of piperidine rings is 1. The number of hydrogen-bond acceptors (Lipinski definition) is 7. The number of nitrogens with zero attached hydrogens (tertiary/aromatic N) is 4. The van der Waals surface area contributed by atoms with Crippen LogP contribution in [0.1, 0.15) is 12.8 Å². The summed E-state index contributed by atoms with van der Waals surface area (Å²) < 4.78 is 6.24. The summed E-state index contributed by atoms with van der Waals surface area (Å²) in [5, 5.41) is 18.3. The molecule has 10 heteroatoms. The van der Waals surface area contributed by atoms with Gasteiger partial charge in [0.25, 0.3) is 11.2 Å². The first-order valence-electron chi connectivity index (χ1n) is 9.00. The molecule has 1 aromatic carbocycles. The fourth-order valence-corrected chi connectivity index (χ4v) is 3.36. The Kier molecular flexibility index (Phi) is 6.61. The van der Waals surface area contributed by atoms with Crippen LogP contribution in [0.3, 0.4) is 0 Å². The molecule has 28 heavy (non-hydrogen) atoms. The van der Waals surface area contributed by atoms with Crippen LogP contribution in [0.4, 0.5) is 11.4 Å². The number of likely N-dealkylation sites (tertiary alicyclic amines) is 1. The van der Waals surface area contributed by atoms with E-state index in [9.17, 15) is 14.9 Å². The highest BCUT2D eigenvalue weighted by Crippen LogP contribution is 2.22. The van der Waals surface area contributed by atoms with Crippen LogP contribution in [0.2, 0.25) is 5.02 Å². The number of anilines is 1. The van der Waals surface area contributed by atoms with Crippen molar-refractivity contribution in [1.82, 2.24) is 14.7 Å². The van der Waals surface area contributed by atoms with Crippen LogP contribution in [-0.4, -0.2) is 59.0 Å². The number of rotatable bonds is 7. The van der Waals surface area contributed by atoms with Gasteiger partial charge in [-0.2, -0.15) is 9.78 Å². The van der Waals surface area contributed by atoms with E-state index in [1.54, 1.807) is 7.11 Å². The summed E-state index contributed by atoms with van der Waals surface area (Å²) in [4.78, 5) is 25.2. The van der Waals surface area contributed by atoms with Gasteiger partial charge in [0.1, 0.15) is 5.02 Å². The molecule has 1 N–H and O–H groups in total. The topological polar surface area (TPSA) is 103 Å². The summed E-state index contributed by atoms with van der Waals surface area (Å²) in [6.45, 7) is 3.53. The van der Waals surface area contributed by atoms with Crippen molar-refractivity contribution in [2.45, 2.75) is 18.9 Å². The van der Waals surface area contributed by atoms with Gasteiger partial charge in [-0.05, 0) is 25.0 Å². The molecular formula is C18H22ClN5O4. The van der Waals surface area contributed by atoms with Gasteiger partial charge in [-0.1, -0.05) is 11.6 Å². The minimum atomic E-state index is -0.499. The number of non-ortho nitro benzene ring substituents is 1. The Morgan fingerprint density at radius 1 is 1.32 bits per heavy atom. The number of nitrogens with one attached hydrogen (secondary N) is 1. The third-order valence-corrected chi connectivity index (χ3v) is 5.15. The summed E-state index contributed by atoms with van der Waals surface area (Å²) in [5.41, 5.74) is 0.381. The van der Waals surface area contributed by atoms with Crippen LogP contribution in [0, 0.1) is 10.1 Å². The maximum atomic E-state index is 12.6. The van der Waals surface area contributed by atoms with E-state index in [-0.39, 0.29) is 16.8 Å². The molecule has 1 fully saturated rings. The van der Waals surface area contributed by atoms with Crippen molar-refractivity contribution in [2.24, 2.45) is 0 Å². The number of halogens is 1. The summed E-state index contributed by atoms with van der Waals surface area (Å²) in [7, 11) is 1.70. The molecule has 9 nitrogen and oxygen atoms in total. The molecule has 0 atom stereocenters. The summed E-state index contributed by atoms with van der Waals surface area (Å²) in [5.74, 6) is 0. The van der Waals surface area contributed by atoms with Crippen molar-refractivity contribution in [2.75, 3.05) is 38.7 Å². The SMILES string of the molecule is COCCN1CCC(Nc2cnn(-c3ccc([N+](=O)[O-])cc3)c(=O)c2Cl)CC1. The smallest absolute Gasteiger partial charge is 0.292 e. The van der Waals surface area contributed by atoms with E-state index >= 15 is 0 Å². The highest BCUT2D eigenvalue weighted by Gasteiger charge is 2.21. The number of nitro groups is 1. The van der Waals surface area contributed by atoms with Crippen molar-refractivity contribution < 1.29 is 9.66 Å². The zero-order valence-corrected chi connectivity index (χ0v) is 16.3. The molecule has 1 aliphatic rings. The van der Waals surface area contributed by atoms with Crippen LogP contribution >= 0.6 is 11.6 Å². The van der Waals surface area contributed by atoms with Gasteiger partial charge in [-0.25, -0.2) is 0 Å². The van der Waals surface area contributed by atoms with Crippen molar-refractivity contribution >= 4 is 23.0 Å². The average Bonchev–Trinajstić information content (AvgIpc) is 2.71. The van der Waals surface area contributed by atoms with Gasteiger partial charge in [0.2, 0.25) is 0 Å². The number of benzene rings is 1. The second-order valence-corrected chi connectivity index (χ2v) is 6.99. The van der Waals surface area contributed by atoms with E-state index in [1.165, 1.54) is 30.5 Å². The van der Waals surface area contributed by atoms with E-state index in [0.717, 1.165) is 37.2 Å². The highest BCUT2D eigenvalue weighted by atomic mass is 35.5. The standard InChI is InChI=1S/C18H22ClN5O4/c1-28-11-10-22-8-6-13(7-9-22)21-16-12-20-23(18(25)17(16)19)14-2-4-15(5-3-14)24(26)27/h2-5,12-13,21H,6-11H2,1H3. The van der Waals surface area contributed by atoms with E-state index in [1.807, 2.05) is 0 Å². The Bertz CT molecular complexity index is 879. The zero-order valence-electron chi connectivity index (χ0n) is 15.5. The monoisotopic (exact) mass is 407 g/mol. The fourth-order valence-electron chi connectivity index (χ4n) is 3.17. The lowest BCUT2D eigenvalue weighted by Crippen LogP contribution is -2.40. The van der Waals surface area contributed by atoms with Crippen molar-refractivity contribution in [3.63, 3.8) is 0 Å². The molecule has 0 radical (unpaired) electrons. The van der Waals surface area contributed by atoms with Gasteiger partial charge in [-0.3, -0.25) is 14.9 Å². The maximum Gasteiger partial charge on any atom is 0.292 e. The van der Waals surface area contributed by atoms with Crippen LogP contribution in [0.15, 0.2) is 35.3 Å². The summed E-state index contributed by atoms with van der Waals surface area (Å²) in [6, 6.07) is 5.78. The van der Waals surface area contributed by atoms with Crippen LogP contribution in [0.5, 0.6) is 0 Å². The van der Waals surface area contributed by atoms with E-state index in [4.69, 9.17) is 16.3 Å². The lowest BCUT2D eigenvalue weighted by atomic mass is 10.0. The first kappa shape index (κ1) is 20.2. The van der Waals surface area contributed by atoms with Gasteiger partial charge in [0, 0.05) is 44.9 Å². The van der Waals surface area contributed by atoms with Crippen molar-refractivity contribution in [3.05, 3.63) is 56.0 Å². The van der Waals surface area contributed by atoms with Gasteiger partial charge >= 0.3 is 0 Å². The number of aromatic nitrogens is 2. The normalized spacial score (nSPS) is 15.5. The number of hydrogen-bond donors (Lipinski definition) is 1. The van der Waals surface area contributed by atoms with Gasteiger partial charge in [-0.15, -0.1) is 0 Å². The Labute approximate surface area is 167 Å². The van der Waals surface area contributed by atoms with Crippen LogP contribution in [0.25, 0.3) is 5.69 Å². The zero-order chi connectivity index (χ0) is 20.1. The molecule has 0 spiro atoms. The largest absolute Gasteiger partial charge is 0.383 e. The number of ether oxygens (including phenoxy) is 1. The predicted molar refractivity (Wildman–Crippen MR) is 106 cm³/mol. The van der Waals surface area contributed by atoms with Crippen molar-refractivity contribution in [1.29, 1.82) is 0 Å². The highest BCUT2D eigenvalue weighted by molar-refractivity contribution is 6.32. The molecule has 1 saturated heterocycles. The lowest BCUT2D eigenvalue weighted by molar-refractivity contribution is -0.384. The van der Waals surface area contributed by atoms with Gasteiger partial charge in [0.05, 0.1) is 29.1 Å². The molecule has 1 aromatic heterocycles. The van der Waals surface area contributed by atoms with Gasteiger partial charge in [0.15, 0.2) is 0 Å². The third-order valence-electron chi connectivity index (χ3n) is 4.78. The maximum absolute atomic E-state index is 12.6. The summed E-state index contributed by atoms with van der Waals surface area (Å²) >= 11 is 6.28. The van der Waals surface area contributed by atoms with Crippen LogP contribution in [-0.2, 0) is 4.74 Å². The quantitative estimate of drug-likeness (QED) is 0.555. The number of nitro benzene ring substituents is 1. The Hall–Kier alpha value is -2.49. The fraction of sp³-hybridized carbons (Fsp3) is 0.444. The molecule has 1 aliphatic heterocycles. The van der Waals surface area contributed by atoms with E-state index < -0.39 is 10.5 Å². The van der Waals surface area contributed by atoms with E-state index in [0.29, 0.717) is 18.0 Å². The lowest BCUT2D eigenvalue weighted by Gasteiger charge is -2.32. The third kappa shape index (κ3) is 4.67. The molecule has 3 rings (SSSR count). The summed E-state index contributed by atoms with van der Waals surface area (Å²) in [6.07, 6.45) is 3.39. The second kappa shape index (κ2) is 9.13. The minimum Gasteiger partial charge on any atom is -0.383 e. The first-order chi connectivity index (χ1) is 13.5. The molecule has 0 bridgehead atoms. The Morgan fingerprint density at radius 2 is 2.00 bits per heavy atom. The molecule has 2 heterocycles. The molecule has 2 aromatic rings. The second-order valence-electron chi connectivity index (χ2n) is 6.62. The molecule has 0 aliphatic carbocycles. The van der Waals surface area contributed by atoms with Crippen LogP contribution < -0.4 is 10.9 Å². The van der Waals surface area contributed by atoms with Gasteiger partial charge < -0.3 is 15.0 Å².